The van der Waals surface area contributed by atoms with Crippen molar-refractivity contribution in [3.63, 3.8) is 0 Å². The van der Waals surface area contributed by atoms with Gasteiger partial charge in [0.1, 0.15) is 11.9 Å². The number of aliphatic imine (C=N–C) groups is 1. The van der Waals surface area contributed by atoms with E-state index in [1.165, 1.54) is 0 Å². The predicted octanol–water partition coefficient (Wildman–Crippen LogP) is 2.14. The third-order valence-electron chi connectivity index (χ3n) is 5.24. The number of amides is 1. The van der Waals surface area contributed by atoms with E-state index in [9.17, 15) is 4.79 Å². The predicted molar refractivity (Wildman–Crippen MR) is 126 cm³/mol. The molecule has 1 unspecified atom stereocenters. The molecule has 1 N–H and O–H groups in total. The van der Waals surface area contributed by atoms with Crippen LogP contribution in [0.15, 0.2) is 27.8 Å². The first-order valence-electron chi connectivity index (χ1n) is 10.8. The lowest BCUT2D eigenvalue weighted by atomic mass is 10.2. The quantitative estimate of drug-likeness (QED) is 0.227. The van der Waals surface area contributed by atoms with Crippen LogP contribution in [0, 0.1) is 0 Å². The third kappa shape index (κ3) is 7.73. The van der Waals surface area contributed by atoms with Gasteiger partial charge in [-0.3, -0.25) is 9.79 Å². The highest BCUT2D eigenvalue weighted by Crippen LogP contribution is 2.16. The molecule has 1 atom stereocenters. The highest BCUT2D eigenvalue weighted by molar-refractivity contribution is 14.0. The van der Waals surface area contributed by atoms with Crippen LogP contribution < -0.4 is 5.32 Å². The maximum Gasteiger partial charge on any atom is 0.251 e. The second-order valence-electron chi connectivity index (χ2n) is 7.33. The van der Waals surface area contributed by atoms with Gasteiger partial charge < -0.3 is 29.0 Å². The summed E-state index contributed by atoms with van der Waals surface area (Å²) in [5.74, 6) is 2.00. The highest BCUT2D eigenvalue weighted by Gasteiger charge is 2.30. The number of ether oxygens (including phenoxy) is 2. The van der Waals surface area contributed by atoms with E-state index >= 15 is 0 Å². The molecule has 1 amide bonds. The fourth-order valence-corrected chi connectivity index (χ4v) is 3.63. The smallest absolute Gasteiger partial charge is 0.251 e. The molecule has 30 heavy (non-hydrogen) atoms. The fourth-order valence-electron chi connectivity index (χ4n) is 3.63. The minimum atomic E-state index is -0.236. The Kier molecular flexibility index (Phi) is 11.5. The molecule has 2 aliphatic rings. The second-order valence-corrected chi connectivity index (χ2v) is 7.33. The van der Waals surface area contributed by atoms with E-state index in [0.717, 1.165) is 76.8 Å². The van der Waals surface area contributed by atoms with Crippen LogP contribution in [0.2, 0.25) is 0 Å². The molecule has 3 heterocycles. The van der Waals surface area contributed by atoms with Crippen LogP contribution in [0.1, 0.15) is 31.9 Å². The van der Waals surface area contributed by atoms with Gasteiger partial charge in [0, 0.05) is 65.5 Å². The van der Waals surface area contributed by atoms with Crippen molar-refractivity contribution in [3.8, 4) is 0 Å². The van der Waals surface area contributed by atoms with Gasteiger partial charge in [0.15, 0.2) is 5.96 Å². The topological polar surface area (TPSA) is 79.5 Å². The van der Waals surface area contributed by atoms with Gasteiger partial charge in [-0.15, -0.1) is 24.0 Å². The van der Waals surface area contributed by atoms with Gasteiger partial charge in [-0.2, -0.15) is 0 Å². The molecule has 0 bridgehead atoms. The lowest BCUT2D eigenvalue weighted by molar-refractivity contribution is -0.142. The second kappa shape index (κ2) is 13.9. The molecule has 2 saturated heterocycles. The van der Waals surface area contributed by atoms with Gasteiger partial charge >= 0.3 is 0 Å². The zero-order valence-electron chi connectivity index (χ0n) is 17.9. The van der Waals surface area contributed by atoms with E-state index in [2.05, 4.69) is 10.2 Å². The van der Waals surface area contributed by atoms with E-state index in [1.807, 2.05) is 24.0 Å². The molecule has 0 radical (unpaired) electrons. The molecule has 0 spiro atoms. The van der Waals surface area contributed by atoms with Gasteiger partial charge in [-0.1, -0.05) is 0 Å². The van der Waals surface area contributed by atoms with Gasteiger partial charge in [0.05, 0.1) is 6.26 Å². The lowest BCUT2D eigenvalue weighted by Crippen LogP contribution is -2.55. The standard InChI is InChI=1S/C21H34N4O4.HI/c1-2-27-15-5-9-22-21(23-10-8-18-6-3-16-28-18)25-13-11-24(12-14-25)20(26)19-7-4-17-29-19;/h3,6,16,19H,2,4-5,7-15,17H2,1H3,(H,22,23);1H. The molecule has 2 aliphatic heterocycles. The van der Waals surface area contributed by atoms with Gasteiger partial charge in [0.2, 0.25) is 0 Å². The summed E-state index contributed by atoms with van der Waals surface area (Å²) in [4.78, 5) is 21.5. The lowest BCUT2D eigenvalue weighted by Gasteiger charge is -2.37. The van der Waals surface area contributed by atoms with Crippen molar-refractivity contribution in [1.29, 1.82) is 0 Å². The van der Waals surface area contributed by atoms with Crippen LogP contribution in [0.3, 0.4) is 0 Å². The van der Waals surface area contributed by atoms with Crippen molar-refractivity contribution in [2.24, 2.45) is 4.99 Å². The average Bonchev–Trinajstić information content (AvgIpc) is 3.46. The Bertz CT molecular complexity index is 627. The molecule has 0 aliphatic carbocycles. The molecule has 0 aromatic carbocycles. The summed E-state index contributed by atoms with van der Waals surface area (Å²) in [6, 6.07) is 3.89. The molecule has 9 heteroatoms. The summed E-state index contributed by atoms with van der Waals surface area (Å²) >= 11 is 0. The summed E-state index contributed by atoms with van der Waals surface area (Å²) in [5.41, 5.74) is 0. The first-order chi connectivity index (χ1) is 14.3. The number of nitrogens with one attached hydrogen (secondary N) is 1. The van der Waals surface area contributed by atoms with Gasteiger partial charge in [-0.25, -0.2) is 0 Å². The van der Waals surface area contributed by atoms with E-state index in [0.29, 0.717) is 19.7 Å². The van der Waals surface area contributed by atoms with E-state index in [4.69, 9.17) is 18.9 Å². The summed E-state index contributed by atoms with van der Waals surface area (Å²) in [6.45, 7) is 8.60. The number of carbonyl (C=O) groups excluding carboxylic acids is 1. The molecular weight excluding hydrogens is 499 g/mol. The summed E-state index contributed by atoms with van der Waals surface area (Å²) in [5, 5.41) is 3.46. The summed E-state index contributed by atoms with van der Waals surface area (Å²) in [6.07, 6.45) is 4.99. The van der Waals surface area contributed by atoms with Crippen LogP contribution >= 0.6 is 24.0 Å². The number of carbonyl (C=O) groups is 1. The maximum absolute atomic E-state index is 12.6. The van der Waals surface area contributed by atoms with Crippen LogP contribution in [0.5, 0.6) is 0 Å². The molecule has 0 saturated carbocycles. The molecule has 1 aromatic heterocycles. The zero-order chi connectivity index (χ0) is 20.3. The number of halogens is 1. The minimum Gasteiger partial charge on any atom is -0.469 e. The van der Waals surface area contributed by atoms with Crippen LogP contribution in [-0.4, -0.2) is 86.9 Å². The Morgan fingerprint density at radius 3 is 2.77 bits per heavy atom. The average molecular weight is 534 g/mol. The number of furan rings is 1. The number of piperazine rings is 1. The zero-order valence-corrected chi connectivity index (χ0v) is 20.2. The summed E-state index contributed by atoms with van der Waals surface area (Å²) in [7, 11) is 0. The van der Waals surface area contributed by atoms with Crippen LogP contribution in [-0.2, 0) is 20.7 Å². The Labute approximate surface area is 196 Å². The minimum absolute atomic E-state index is 0. The van der Waals surface area contributed by atoms with E-state index in [1.54, 1.807) is 6.26 Å². The first kappa shape index (κ1) is 24.9. The Hall–Kier alpha value is -1.33. The fraction of sp³-hybridized carbons (Fsp3) is 0.714. The van der Waals surface area contributed by atoms with Crippen molar-refractivity contribution in [1.82, 2.24) is 15.1 Å². The molecule has 3 rings (SSSR count). The Balaban J connectivity index is 0.00000320. The SMILES string of the molecule is CCOCCCN=C(NCCc1ccco1)N1CCN(C(=O)C2CCCO2)CC1.I. The molecule has 1 aromatic rings. The third-order valence-corrected chi connectivity index (χ3v) is 5.24. The van der Waals surface area contributed by atoms with Gasteiger partial charge in [0.25, 0.3) is 5.91 Å². The Morgan fingerprint density at radius 1 is 1.30 bits per heavy atom. The first-order valence-corrected chi connectivity index (χ1v) is 10.8. The number of nitrogens with zero attached hydrogens (tertiary/aromatic N) is 3. The molecule has 2 fully saturated rings. The van der Waals surface area contributed by atoms with Crippen molar-refractivity contribution in [3.05, 3.63) is 24.2 Å². The molecule has 170 valence electrons. The summed E-state index contributed by atoms with van der Waals surface area (Å²) < 4.78 is 16.4. The van der Waals surface area contributed by atoms with Crippen molar-refractivity contribution < 1.29 is 18.7 Å². The monoisotopic (exact) mass is 534 g/mol. The van der Waals surface area contributed by atoms with Crippen molar-refractivity contribution >= 4 is 35.8 Å². The van der Waals surface area contributed by atoms with E-state index in [-0.39, 0.29) is 36.0 Å². The van der Waals surface area contributed by atoms with Gasteiger partial charge in [-0.05, 0) is 38.3 Å². The number of rotatable bonds is 9. The highest BCUT2D eigenvalue weighted by atomic mass is 127. The normalized spacial score (nSPS) is 19.6. The number of guanidine groups is 1. The maximum atomic E-state index is 12.6. The van der Waals surface area contributed by atoms with Crippen molar-refractivity contribution in [2.75, 3.05) is 59.1 Å². The largest absolute Gasteiger partial charge is 0.469 e. The van der Waals surface area contributed by atoms with Crippen LogP contribution in [0.25, 0.3) is 0 Å². The molecule has 8 nitrogen and oxygen atoms in total. The molecular formula is C21H35IN4O4. The van der Waals surface area contributed by atoms with Crippen molar-refractivity contribution in [2.45, 2.75) is 38.7 Å². The van der Waals surface area contributed by atoms with E-state index < -0.39 is 0 Å². The number of hydrogen-bond donors (Lipinski definition) is 1. The Morgan fingerprint density at radius 2 is 2.10 bits per heavy atom. The number of hydrogen-bond acceptors (Lipinski definition) is 5. The van der Waals surface area contributed by atoms with Crippen LogP contribution in [0.4, 0.5) is 0 Å².